The molecule has 0 radical (unpaired) electrons. The molecule has 1 heterocycles. The molecular weight excluding hydrogens is 456 g/mol. The van der Waals surface area contributed by atoms with E-state index in [9.17, 15) is 9.59 Å². The predicted molar refractivity (Wildman–Crippen MR) is 136 cm³/mol. The van der Waals surface area contributed by atoms with Crippen LogP contribution in [0.3, 0.4) is 0 Å². The largest absolute Gasteiger partial charge is 0.493 e. The highest BCUT2D eigenvalue weighted by Gasteiger charge is 2.34. The second-order valence-electron chi connectivity index (χ2n) is 8.87. The summed E-state index contributed by atoms with van der Waals surface area (Å²) in [5, 5.41) is 3.22. The smallest absolute Gasteiger partial charge is 0.275 e. The highest BCUT2D eigenvalue weighted by Crippen LogP contribution is 2.34. The monoisotopic (exact) mass is 488 g/mol. The summed E-state index contributed by atoms with van der Waals surface area (Å²) in [6.45, 7) is 0.216. The minimum Gasteiger partial charge on any atom is -0.493 e. The Morgan fingerprint density at radius 1 is 1.00 bits per heavy atom. The standard InChI is InChI=1S/C28H32N4O4/c1-35-24-14-13-21(17-25(24)36-2)26(27(33)31-22-11-7-4-8-12-22)32(19-20-9-5-3-6-10-20)28(34)23-18-29-15-16-30-23/h3,5-6,9-10,13-18,22,26H,4,7-8,11-12,19H2,1-2H3,(H,31,33)/t26-/m1/s1. The maximum Gasteiger partial charge on any atom is 0.275 e. The van der Waals surface area contributed by atoms with E-state index in [4.69, 9.17) is 9.47 Å². The fourth-order valence-electron chi connectivity index (χ4n) is 4.64. The van der Waals surface area contributed by atoms with E-state index in [0.717, 1.165) is 31.2 Å². The molecule has 1 aliphatic rings. The fraction of sp³-hybridized carbons (Fsp3) is 0.357. The first kappa shape index (κ1) is 25.2. The number of amides is 2. The summed E-state index contributed by atoms with van der Waals surface area (Å²) in [6, 6.07) is 14.1. The van der Waals surface area contributed by atoms with Gasteiger partial charge in [-0.2, -0.15) is 0 Å². The summed E-state index contributed by atoms with van der Waals surface area (Å²) in [4.78, 5) is 37.6. The van der Waals surface area contributed by atoms with E-state index in [1.165, 1.54) is 25.0 Å². The van der Waals surface area contributed by atoms with Gasteiger partial charge in [0.05, 0.1) is 20.4 Å². The third kappa shape index (κ3) is 6.00. The zero-order chi connectivity index (χ0) is 25.3. The summed E-state index contributed by atoms with van der Waals surface area (Å²) < 4.78 is 10.9. The Labute approximate surface area is 211 Å². The fourth-order valence-corrected chi connectivity index (χ4v) is 4.64. The van der Waals surface area contributed by atoms with Gasteiger partial charge in [-0.25, -0.2) is 4.98 Å². The number of nitrogens with one attached hydrogen (secondary N) is 1. The van der Waals surface area contributed by atoms with Crippen LogP contribution in [0.4, 0.5) is 0 Å². The van der Waals surface area contributed by atoms with Crippen molar-refractivity contribution in [2.45, 2.75) is 50.7 Å². The van der Waals surface area contributed by atoms with Crippen molar-refractivity contribution in [1.82, 2.24) is 20.2 Å². The Hall–Kier alpha value is -3.94. The van der Waals surface area contributed by atoms with Crippen molar-refractivity contribution in [3.63, 3.8) is 0 Å². The van der Waals surface area contributed by atoms with Gasteiger partial charge >= 0.3 is 0 Å². The van der Waals surface area contributed by atoms with Gasteiger partial charge in [0.15, 0.2) is 11.5 Å². The minimum atomic E-state index is -0.915. The van der Waals surface area contributed by atoms with Crippen molar-refractivity contribution < 1.29 is 19.1 Å². The van der Waals surface area contributed by atoms with E-state index in [1.54, 1.807) is 37.3 Å². The zero-order valence-corrected chi connectivity index (χ0v) is 20.7. The Morgan fingerprint density at radius 3 is 2.42 bits per heavy atom. The summed E-state index contributed by atoms with van der Waals surface area (Å²) in [5.41, 5.74) is 1.68. The zero-order valence-electron chi connectivity index (χ0n) is 20.7. The highest BCUT2D eigenvalue weighted by molar-refractivity contribution is 5.96. The van der Waals surface area contributed by atoms with Crippen molar-refractivity contribution >= 4 is 11.8 Å². The molecule has 188 valence electrons. The van der Waals surface area contributed by atoms with Crippen molar-refractivity contribution in [1.29, 1.82) is 0 Å². The van der Waals surface area contributed by atoms with Crippen LogP contribution >= 0.6 is 0 Å². The molecule has 1 aromatic heterocycles. The third-order valence-corrected chi connectivity index (χ3v) is 6.47. The van der Waals surface area contributed by atoms with Crippen molar-refractivity contribution in [2.75, 3.05) is 14.2 Å². The van der Waals surface area contributed by atoms with Gasteiger partial charge in [0.2, 0.25) is 5.91 Å². The van der Waals surface area contributed by atoms with Crippen LogP contribution in [0.1, 0.15) is 59.8 Å². The average molecular weight is 489 g/mol. The lowest BCUT2D eigenvalue weighted by Gasteiger charge is -2.33. The van der Waals surface area contributed by atoms with Gasteiger partial charge in [-0.15, -0.1) is 0 Å². The van der Waals surface area contributed by atoms with Gasteiger partial charge in [-0.3, -0.25) is 14.6 Å². The molecule has 0 unspecified atom stereocenters. The van der Waals surface area contributed by atoms with E-state index < -0.39 is 6.04 Å². The van der Waals surface area contributed by atoms with Crippen LogP contribution in [0.15, 0.2) is 67.1 Å². The average Bonchev–Trinajstić information content (AvgIpc) is 2.93. The van der Waals surface area contributed by atoms with Gasteiger partial charge in [-0.05, 0) is 36.1 Å². The van der Waals surface area contributed by atoms with Crippen LogP contribution < -0.4 is 14.8 Å². The maximum absolute atomic E-state index is 13.9. The Bertz CT molecular complexity index is 1150. The summed E-state index contributed by atoms with van der Waals surface area (Å²) in [7, 11) is 3.11. The summed E-state index contributed by atoms with van der Waals surface area (Å²) in [6.07, 6.45) is 9.61. The number of hydrogen-bond donors (Lipinski definition) is 1. The second-order valence-corrected chi connectivity index (χ2v) is 8.87. The van der Waals surface area contributed by atoms with E-state index in [2.05, 4.69) is 15.3 Å². The van der Waals surface area contributed by atoms with Gasteiger partial charge in [0.1, 0.15) is 11.7 Å². The Morgan fingerprint density at radius 2 is 1.75 bits per heavy atom. The van der Waals surface area contributed by atoms with Crippen LogP contribution in [0.5, 0.6) is 11.5 Å². The van der Waals surface area contributed by atoms with Crippen LogP contribution in [-0.4, -0.2) is 46.9 Å². The Balaban J connectivity index is 1.78. The van der Waals surface area contributed by atoms with E-state index >= 15 is 0 Å². The van der Waals surface area contributed by atoms with Crippen LogP contribution in [0.2, 0.25) is 0 Å². The first-order valence-corrected chi connectivity index (χ1v) is 12.2. The predicted octanol–water partition coefficient (Wildman–Crippen LogP) is 4.33. The molecule has 8 heteroatoms. The van der Waals surface area contributed by atoms with Crippen molar-refractivity contribution in [3.8, 4) is 11.5 Å². The molecule has 2 amide bonds. The number of methoxy groups -OCH3 is 2. The number of nitrogens with zero attached hydrogens (tertiary/aromatic N) is 3. The number of aromatic nitrogens is 2. The SMILES string of the molecule is COc1ccc([C@H](C(=O)NC2CCCCC2)N(Cc2ccccc2)C(=O)c2cnccn2)cc1OC. The van der Waals surface area contributed by atoms with Crippen LogP contribution in [0.25, 0.3) is 0 Å². The van der Waals surface area contributed by atoms with E-state index in [1.807, 2.05) is 30.3 Å². The molecule has 2 aromatic carbocycles. The summed E-state index contributed by atoms with van der Waals surface area (Å²) in [5.74, 6) is 0.410. The van der Waals surface area contributed by atoms with E-state index in [0.29, 0.717) is 17.1 Å². The number of benzene rings is 2. The first-order valence-electron chi connectivity index (χ1n) is 12.2. The van der Waals surface area contributed by atoms with Crippen LogP contribution in [-0.2, 0) is 11.3 Å². The summed E-state index contributed by atoms with van der Waals surface area (Å²) >= 11 is 0. The van der Waals surface area contributed by atoms with E-state index in [-0.39, 0.29) is 30.1 Å². The van der Waals surface area contributed by atoms with Crippen LogP contribution in [0, 0.1) is 0 Å². The molecule has 36 heavy (non-hydrogen) atoms. The number of ether oxygens (including phenoxy) is 2. The normalized spacial score (nSPS) is 14.5. The molecule has 0 spiro atoms. The lowest BCUT2D eigenvalue weighted by molar-refractivity contribution is -0.127. The maximum atomic E-state index is 13.9. The topological polar surface area (TPSA) is 93.7 Å². The van der Waals surface area contributed by atoms with Crippen molar-refractivity contribution in [3.05, 3.63) is 83.9 Å². The molecule has 0 aliphatic heterocycles. The molecule has 1 aliphatic carbocycles. The molecule has 1 saturated carbocycles. The lowest BCUT2D eigenvalue weighted by Crippen LogP contribution is -2.47. The minimum absolute atomic E-state index is 0.0825. The Kier molecular flexibility index (Phi) is 8.49. The third-order valence-electron chi connectivity index (χ3n) is 6.47. The first-order chi connectivity index (χ1) is 17.6. The second kappa shape index (κ2) is 12.2. The van der Waals surface area contributed by atoms with Gasteiger partial charge < -0.3 is 19.7 Å². The van der Waals surface area contributed by atoms with Gasteiger partial charge in [0.25, 0.3) is 5.91 Å². The van der Waals surface area contributed by atoms with Gasteiger partial charge in [0, 0.05) is 25.0 Å². The molecule has 0 bridgehead atoms. The molecule has 3 aromatic rings. The van der Waals surface area contributed by atoms with Crippen molar-refractivity contribution in [2.24, 2.45) is 0 Å². The number of carbonyl (C=O) groups excluding carboxylic acids is 2. The van der Waals surface area contributed by atoms with Gasteiger partial charge in [-0.1, -0.05) is 55.7 Å². The molecule has 4 rings (SSSR count). The number of rotatable bonds is 9. The molecule has 0 saturated heterocycles. The number of carbonyl (C=O) groups is 2. The molecule has 1 atom stereocenters. The highest BCUT2D eigenvalue weighted by atomic mass is 16.5. The molecule has 1 fully saturated rings. The quantitative estimate of drug-likeness (QED) is 0.482. The lowest BCUT2D eigenvalue weighted by atomic mass is 9.94. The molecule has 8 nitrogen and oxygen atoms in total. The molecule has 1 N–H and O–H groups in total. The number of hydrogen-bond acceptors (Lipinski definition) is 6. The molecular formula is C28H32N4O4.